The largest absolute Gasteiger partial charge is 0.378 e. The maximum absolute atomic E-state index is 12.6. The molecule has 0 radical (unpaired) electrons. The smallest absolute Gasteiger partial charge is 0.249 e. The molecule has 2 amide bonds. The number of amides is 2. The van der Waals surface area contributed by atoms with Crippen LogP contribution in [0, 0.1) is 0 Å². The third-order valence-electron chi connectivity index (χ3n) is 4.14. The summed E-state index contributed by atoms with van der Waals surface area (Å²) in [5.74, 6) is -0.219. The predicted octanol–water partition coefficient (Wildman–Crippen LogP) is 0.285. The Morgan fingerprint density at radius 1 is 1.36 bits per heavy atom. The van der Waals surface area contributed by atoms with Gasteiger partial charge in [0.1, 0.15) is 12.1 Å². The highest BCUT2D eigenvalue weighted by Gasteiger charge is 2.39. The summed E-state index contributed by atoms with van der Waals surface area (Å²) >= 11 is 0. The Morgan fingerprint density at radius 2 is 2.14 bits per heavy atom. The van der Waals surface area contributed by atoms with Gasteiger partial charge in [-0.1, -0.05) is 18.2 Å². The maximum Gasteiger partial charge on any atom is 0.249 e. The second-order valence-corrected chi connectivity index (χ2v) is 5.77. The number of hydrogen-bond donors (Lipinski definition) is 2. The Labute approximate surface area is 129 Å². The van der Waals surface area contributed by atoms with Crippen LogP contribution in [0.4, 0.5) is 5.69 Å². The monoisotopic (exact) mass is 303 g/mol. The van der Waals surface area contributed by atoms with Crippen LogP contribution < -0.4 is 15.5 Å². The molecule has 118 valence electrons. The molecule has 2 fully saturated rings. The van der Waals surface area contributed by atoms with E-state index in [-0.39, 0.29) is 23.9 Å². The SMILES string of the molecule is CC1CC(NC(=O)C2COCCN2)C(=O)N1c1ccccc1. The second kappa shape index (κ2) is 6.46. The second-order valence-electron chi connectivity index (χ2n) is 5.77. The highest BCUT2D eigenvalue weighted by molar-refractivity contribution is 6.02. The molecular weight excluding hydrogens is 282 g/mol. The molecule has 0 aliphatic carbocycles. The number of rotatable bonds is 3. The number of hydrogen-bond acceptors (Lipinski definition) is 4. The summed E-state index contributed by atoms with van der Waals surface area (Å²) < 4.78 is 5.29. The van der Waals surface area contributed by atoms with E-state index in [1.54, 1.807) is 4.90 Å². The van der Waals surface area contributed by atoms with Gasteiger partial charge >= 0.3 is 0 Å². The van der Waals surface area contributed by atoms with Crippen LogP contribution in [-0.4, -0.2) is 49.7 Å². The van der Waals surface area contributed by atoms with E-state index in [4.69, 9.17) is 4.74 Å². The lowest BCUT2D eigenvalue weighted by atomic mass is 10.1. The van der Waals surface area contributed by atoms with E-state index in [1.807, 2.05) is 37.3 Å². The molecule has 1 aromatic carbocycles. The predicted molar refractivity (Wildman–Crippen MR) is 82.5 cm³/mol. The van der Waals surface area contributed by atoms with Crippen LogP contribution in [0.5, 0.6) is 0 Å². The molecular formula is C16H21N3O3. The van der Waals surface area contributed by atoms with Crippen molar-refractivity contribution in [1.29, 1.82) is 0 Å². The van der Waals surface area contributed by atoms with Crippen molar-refractivity contribution in [3.8, 4) is 0 Å². The van der Waals surface area contributed by atoms with E-state index in [9.17, 15) is 9.59 Å². The fraction of sp³-hybridized carbons (Fsp3) is 0.500. The molecule has 2 aliphatic heterocycles. The van der Waals surface area contributed by atoms with E-state index in [0.717, 1.165) is 5.69 Å². The standard InChI is InChI=1S/C16H21N3O3/c1-11-9-13(18-15(20)14-10-22-8-7-17-14)16(21)19(11)12-5-3-2-4-6-12/h2-6,11,13-14,17H,7-10H2,1H3,(H,18,20). The summed E-state index contributed by atoms with van der Waals surface area (Å²) in [4.78, 5) is 26.6. The van der Waals surface area contributed by atoms with Gasteiger partial charge in [-0.2, -0.15) is 0 Å². The third-order valence-corrected chi connectivity index (χ3v) is 4.14. The van der Waals surface area contributed by atoms with Gasteiger partial charge in [0.2, 0.25) is 11.8 Å². The van der Waals surface area contributed by atoms with E-state index < -0.39 is 6.04 Å². The number of nitrogens with one attached hydrogen (secondary N) is 2. The molecule has 3 atom stereocenters. The fourth-order valence-corrected chi connectivity index (χ4v) is 3.03. The quantitative estimate of drug-likeness (QED) is 0.842. The zero-order valence-electron chi connectivity index (χ0n) is 12.6. The average Bonchev–Trinajstić information content (AvgIpc) is 2.83. The molecule has 0 bridgehead atoms. The summed E-state index contributed by atoms with van der Waals surface area (Å²) in [5, 5.41) is 5.96. The van der Waals surface area contributed by atoms with E-state index in [0.29, 0.717) is 26.2 Å². The Bertz CT molecular complexity index is 543. The molecule has 0 aromatic heterocycles. The number of benzene rings is 1. The normalized spacial score (nSPS) is 28.7. The Kier molecular flexibility index (Phi) is 4.40. The van der Waals surface area contributed by atoms with Gasteiger partial charge in [0.25, 0.3) is 0 Å². The lowest BCUT2D eigenvalue weighted by Gasteiger charge is -2.24. The van der Waals surface area contributed by atoms with Crippen molar-refractivity contribution >= 4 is 17.5 Å². The summed E-state index contributed by atoms with van der Waals surface area (Å²) in [6.45, 7) is 3.62. The number of carbonyl (C=O) groups is 2. The van der Waals surface area contributed by atoms with Crippen LogP contribution in [0.1, 0.15) is 13.3 Å². The van der Waals surface area contributed by atoms with E-state index >= 15 is 0 Å². The molecule has 6 nitrogen and oxygen atoms in total. The molecule has 2 saturated heterocycles. The maximum atomic E-state index is 12.6. The average molecular weight is 303 g/mol. The number of carbonyl (C=O) groups excluding carboxylic acids is 2. The van der Waals surface area contributed by atoms with Gasteiger partial charge in [0.05, 0.1) is 13.2 Å². The molecule has 6 heteroatoms. The third kappa shape index (κ3) is 2.98. The topological polar surface area (TPSA) is 70.7 Å². The van der Waals surface area contributed by atoms with E-state index in [2.05, 4.69) is 10.6 Å². The van der Waals surface area contributed by atoms with Gasteiger partial charge in [-0.3, -0.25) is 9.59 Å². The first-order valence-electron chi connectivity index (χ1n) is 7.66. The summed E-state index contributed by atoms with van der Waals surface area (Å²) in [7, 11) is 0. The van der Waals surface area contributed by atoms with Crippen LogP contribution in [0.3, 0.4) is 0 Å². The molecule has 2 heterocycles. The van der Waals surface area contributed by atoms with Crippen LogP contribution in [0.2, 0.25) is 0 Å². The summed E-state index contributed by atoms with van der Waals surface area (Å²) in [5.41, 5.74) is 0.871. The highest BCUT2D eigenvalue weighted by atomic mass is 16.5. The van der Waals surface area contributed by atoms with Gasteiger partial charge in [0.15, 0.2) is 0 Å². The minimum Gasteiger partial charge on any atom is -0.378 e. The first kappa shape index (κ1) is 15.0. The first-order chi connectivity index (χ1) is 10.7. The van der Waals surface area contributed by atoms with Crippen molar-refractivity contribution in [3.05, 3.63) is 30.3 Å². The van der Waals surface area contributed by atoms with Crippen LogP contribution in [0.25, 0.3) is 0 Å². The zero-order valence-corrected chi connectivity index (χ0v) is 12.6. The molecule has 2 aliphatic rings. The van der Waals surface area contributed by atoms with Gasteiger partial charge < -0.3 is 20.3 Å². The molecule has 3 unspecified atom stereocenters. The molecule has 0 saturated carbocycles. The molecule has 2 N–H and O–H groups in total. The van der Waals surface area contributed by atoms with Gasteiger partial charge in [0, 0.05) is 18.3 Å². The Hall–Kier alpha value is -1.92. The van der Waals surface area contributed by atoms with Crippen molar-refractivity contribution in [2.24, 2.45) is 0 Å². The molecule has 3 rings (SSSR count). The van der Waals surface area contributed by atoms with Crippen molar-refractivity contribution in [3.63, 3.8) is 0 Å². The van der Waals surface area contributed by atoms with Crippen molar-refractivity contribution in [2.75, 3.05) is 24.7 Å². The first-order valence-corrected chi connectivity index (χ1v) is 7.66. The van der Waals surface area contributed by atoms with E-state index in [1.165, 1.54) is 0 Å². The lowest BCUT2D eigenvalue weighted by molar-refractivity contribution is -0.129. The lowest BCUT2D eigenvalue weighted by Crippen LogP contribution is -2.54. The van der Waals surface area contributed by atoms with Crippen LogP contribution in [-0.2, 0) is 14.3 Å². The fourth-order valence-electron chi connectivity index (χ4n) is 3.03. The zero-order chi connectivity index (χ0) is 15.5. The van der Waals surface area contributed by atoms with Gasteiger partial charge in [-0.05, 0) is 25.5 Å². The summed E-state index contributed by atoms with van der Waals surface area (Å²) in [6, 6.07) is 8.78. The molecule has 0 spiro atoms. The molecule has 1 aromatic rings. The van der Waals surface area contributed by atoms with Crippen LogP contribution >= 0.6 is 0 Å². The number of ether oxygens (including phenoxy) is 1. The minimum atomic E-state index is -0.466. The minimum absolute atomic E-state index is 0.0521. The number of morpholine rings is 1. The molecule has 22 heavy (non-hydrogen) atoms. The number of para-hydroxylation sites is 1. The Morgan fingerprint density at radius 3 is 2.82 bits per heavy atom. The van der Waals surface area contributed by atoms with Crippen molar-refractivity contribution in [2.45, 2.75) is 31.5 Å². The van der Waals surface area contributed by atoms with Gasteiger partial charge in [-0.15, -0.1) is 0 Å². The number of nitrogens with zero attached hydrogens (tertiary/aromatic N) is 1. The summed E-state index contributed by atoms with van der Waals surface area (Å²) in [6.07, 6.45) is 0.618. The number of anilines is 1. The van der Waals surface area contributed by atoms with Crippen molar-refractivity contribution in [1.82, 2.24) is 10.6 Å². The van der Waals surface area contributed by atoms with Crippen molar-refractivity contribution < 1.29 is 14.3 Å². The Balaban J connectivity index is 1.66. The highest BCUT2D eigenvalue weighted by Crippen LogP contribution is 2.26. The van der Waals surface area contributed by atoms with Crippen LogP contribution in [0.15, 0.2) is 30.3 Å². The van der Waals surface area contributed by atoms with Gasteiger partial charge in [-0.25, -0.2) is 0 Å².